The van der Waals surface area contributed by atoms with Crippen LogP contribution in [0.3, 0.4) is 0 Å². The van der Waals surface area contributed by atoms with Crippen LogP contribution in [0, 0.1) is 11.8 Å². The average Bonchev–Trinajstić information content (AvgIpc) is 2.67. The van der Waals surface area contributed by atoms with E-state index in [0.717, 1.165) is 32.2 Å². The largest absolute Gasteiger partial charge is 0.338 e. The summed E-state index contributed by atoms with van der Waals surface area (Å²) in [5.41, 5.74) is 6.54. The molecule has 2 aliphatic heterocycles. The van der Waals surface area contributed by atoms with Gasteiger partial charge in [-0.05, 0) is 43.7 Å². The summed E-state index contributed by atoms with van der Waals surface area (Å²) in [7, 11) is 0. The molecule has 2 N–H and O–H groups in total. The minimum absolute atomic E-state index is 0. The number of aromatic nitrogens is 1. The molecule has 3 heterocycles. The molecule has 0 saturated carbocycles. The van der Waals surface area contributed by atoms with Gasteiger partial charge in [-0.3, -0.25) is 14.6 Å². The lowest BCUT2D eigenvalue weighted by Gasteiger charge is -2.41. The van der Waals surface area contributed by atoms with E-state index in [9.17, 15) is 9.59 Å². The van der Waals surface area contributed by atoms with Gasteiger partial charge in [0.15, 0.2) is 0 Å². The molecule has 152 valence electrons. The molecule has 1 aromatic heterocycles. The third-order valence-electron chi connectivity index (χ3n) is 5.52. The fourth-order valence-electron chi connectivity index (χ4n) is 4.04. The summed E-state index contributed by atoms with van der Waals surface area (Å²) < 4.78 is 0. The molecule has 2 saturated heterocycles. The quantitative estimate of drug-likeness (QED) is 0.819. The number of hydrogen-bond acceptors (Lipinski definition) is 4. The molecular weight excluding hydrogens is 387 g/mol. The Bertz CT molecular complexity index is 617. The minimum Gasteiger partial charge on any atom is -0.338 e. The molecule has 0 spiro atoms. The van der Waals surface area contributed by atoms with Gasteiger partial charge in [-0.2, -0.15) is 0 Å². The first-order valence-electron chi connectivity index (χ1n) is 9.30. The highest BCUT2D eigenvalue weighted by atomic mass is 35.5. The summed E-state index contributed by atoms with van der Waals surface area (Å²) in [5, 5.41) is 0. The number of halogens is 2. The van der Waals surface area contributed by atoms with Crippen molar-refractivity contribution in [1.29, 1.82) is 0 Å². The zero-order valence-corrected chi connectivity index (χ0v) is 17.4. The highest BCUT2D eigenvalue weighted by Crippen LogP contribution is 2.27. The Kier molecular flexibility index (Phi) is 9.50. The van der Waals surface area contributed by atoms with E-state index in [1.807, 2.05) is 9.80 Å². The average molecular weight is 417 g/mol. The Balaban J connectivity index is 0.00000182. The third-order valence-corrected chi connectivity index (χ3v) is 5.52. The molecular formula is C19H30Cl2N4O2. The SMILES string of the molecule is CC1CCN(C(=O)C2CCCN(C(=O)c3ccncc3)C2)C(CN)C1.Cl.Cl. The lowest BCUT2D eigenvalue weighted by molar-refractivity contribution is -0.141. The van der Waals surface area contributed by atoms with Crippen LogP contribution in [0.15, 0.2) is 24.5 Å². The molecule has 0 aliphatic carbocycles. The fraction of sp³-hybridized carbons (Fsp3) is 0.632. The van der Waals surface area contributed by atoms with E-state index < -0.39 is 0 Å². The van der Waals surface area contributed by atoms with Crippen molar-refractivity contribution in [3.8, 4) is 0 Å². The Labute approximate surface area is 173 Å². The lowest BCUT2D eigenvalue weighted by atomic mass is 9.89. The summed E-state index contributed by atoms with van der Waals surface area (Å²) in [6, 6.07) is 3.59. The number of nitrogens with two attached hydrogens (primary N) is 1. The van der Waals surface area contributed by atoms with E-state index in [1.54, 1.807) is 24.5 Å². The number of amides is 2. The predicted octanol–water partition coefficient (Wildman–Crippen LogP) is 2.36. The summed E-state index contributed by atoms with van der Waals surface area (Å²) in [4.78, 5) is 33.5. The summed E-state index contributed by atoms with van der Waals surface area (Å²) in [6.07, 6.45) is 6.98. The van der Waals surface area contributed by atoms with Crippen LogP contribution in [0.5, 0.6) is 0 Å². The van der Waals surface area contributed by atoms with E-state index in [-0.39, 0.29) is 48.6 Å². The van der Waals surface area contributed by atoms with E-state index in [0.29, 0.717) is 31.1 Å². The molecule has 1 aromatic rings. The molecule has 0 bridgehead atoms. The molecule has 3 rings (SSSR count). The number of rotatable bonds is 3. The Morgan fingerprint density at radius 1 is 1.19 bits per heavy atom. The van der Waals surface area contributed by atoms with Crippen LogP contribution in [-0.4, -0.2) is 58.8 Å². The zero-order valence-electron chi connectivity index (χ0n) is 15.8. The second-order valence-corrected chi connectivity index (χ2v) is 7.38. The number of pyridine rings is 1. The van der Waals surface area contributed by atoms with Crippen molar-refractivity contribution < 1.29 is 9.59 Å². The highest BCUT2D eigenvalue weighted by molar-refractivity contribution is 5.94. The molecule has 3 unspecified atom stereocenters. The van der Waals surface area contributed by atoms with E-state index >= 15 is 0 Å². The van der Waals surface area contributed by atoms with E-state index in [1.165, 1.54) is 0 Å². The lowest BCUT2D eigenvalue weighted by Crippen LogP contribution is -2.54. The van der Waals surface area contributed by atoms with Crippen LogP contribution < -0.4 is 5.73 Å². The van der Waals surface area contributed by atoms with Crippen LogP contribution in [0.1, 0.15) is 43.0 Å². The Hall–Kier alpha value is -1.37. The fourth-order valence-corrected chi connectivity index (χ4v) is 4.04. The maximum atomic E-state index is 13.1. The first-order valence-corrected chi connectivity index (χ1v) is 9.30. The van der Waals surface area contributed by atoms with Gasteiger partial charge in [0, 0.05) is 50.2 Å². The predicted molar refractivity (Wildman–Crippen MR) is 110 cm³/mol. The second-order valence-electron chi connectivity index (χ2n) is 7.38. The van der Waals surface area contributed by atoms with Crippen molar-refractivity contribution in [2.75, 3.05) is 26.2 Å². The van der Waals surface area contributed by atoms with Crippen molar-refractivity contribution >= 4 is 36.6 Å². The smallest absolute Gasteiger partial charge is 0.253 e. The van der Waals surface area contributed by atoms with Gasteiger partial charge in [0.25, 0.3) is 5.91 Å². The maximum Gasteiger partial charge on any atom is 0.253 e. The van der Waals surface area contributed by atoms with Gasteiger partial charge in [-0.1, -0.05) is 6.92 Å². The normalized spacial score (nSPS) is 25.2. The molecule has 8 heteroatoms. The molecule has 0 radical (unpaired) electrons. The first-order chi connectivity index (χ1) is 12.1. The van der Waals surface area contributed by atoms with Gasteiger partial charge >= 0.3 is 0 Å². The number of carbonyl (C=O) groups excluding carboxylic acids is 2. The molecule has 2 fully saturated rings. The molecule has 6 nitrogen and oxygen atoms in total. The molecule has 27 heavy (non-hydrogen) atoms. The highest BCUT2D eigenvalue weighted by Gasteiger charge is 2.36. The van der Waals surface area contributed by atoms with Gasteiger partial charge in [0.2, 0.25) is 5.91 Å². The number of carbonyl (C=O) groups is 2. The van der Waals surface area contributed by atoms with Crippen molar-refractivity contribution in [2.45, 2.75) is 38.6 Å². The van der Waals surface area contributed by atoms with Gasteiger partial charge < -0.3 is 15.5 Å². The minimum atomic E-state index is -0.109. The van der Waals surface area contributed by atoms with Gasteiger partial charge in [0.05, 0.1) is 5.92 Å². The second kappa shape index (κ2) is 10.8. The van der Waals surface area contributed by atoms with Crippen molar-refractivity contribution in [1.82, 2.24) is 14.8 Å². The van der Waals surface area contributed by atoms with Crippen LogP contribution in [0.4, 0.5) is 0 Å². The number of piperidine rings is 2. The molecule has 2 amide bonds. The van der Waals surface area contributed by atoms with Crippen LogP contribution in [0.25, 0.3) is 0 Å². The number of nitrogens with zero attached hydrogens (tertiary/aromatic N) is 3. The summed E-state index contributed by atoms with van der Waals surface area (Å²) >= 11 is 0. The van der Waals surface area contributed by atoms with Crippen molar-refractivity contribution in [3.63, 3.8) is 0 Å². The molecule has 3 atom stereocenters. The van der Waals surface area contributed by atoms with Gasteiger partial charge in [-0.25, -0.2) is 0 Å². The van der Waals surface area contributed by atoms with Crippen molar-refractivity contribution in [2.24, 2.45) is 17.6 Å². The van der Waals surface area contributed by atoms with Crippen LogP contribution in [0.2, 0.25) is 0 Å². The number of hydrogen-bond donors (Lipinski definition) is 1. The standard InChI is InChI=1S/C19H28N4O2.2ClH/c1-14-6-10-23(17(11-14)12-20)19(25)16-3-2-9-22(13-16)18(24)15-4-7-21-8-5-15;;/h4-5,7-8,14,16-17H,2-3,6,9-13,20H2,1H3;2*1H. The van der Waals surface area contributed by atoms with E-state index in [2.05, 4.69) is 11.9 Å². The van der Waals surface area contributed by atoms with Gasteiger partial charge in [-0.15, -0.1) is 24.8 Å². The maximum absolute atomic E-state index is 13.1. The van der Waals surface area contributed by atoms with Gasteiger partial charge in [0.1, 0.15) is 0 Å². The molecule has 0 aromatic carbocycles. The van der Waals surface area contributed by atoms with Crippen LogP contribution >= 0.6 is 24.8 Å². The third kappa shape index (κ3) is 5.56. The van der Waals surface area contributed by atoms with E-state index in [4.69, 9.17) is 5.73 Å². The monoisotopic (exact) mass is 416 g/mol. The Morgan fingerprint density at radius 2 is 1.89 bits per heavy atom. The molecule has 2 aliphatic rings. The summed E-state index contributed by atoms with van der Waals surface area (Å²) in [6.45, 7) is 4.74. The number of likely N-dealkylation sites (tertiary alicyclic amines) is 2. The van der Waals surface area contributed by atoms with Crippen LogP contribution in [-0.2, 0) is 4.79 Å². The topological polar surface area (TPSA) is 79.5 Å². The summed E-state index contributed by atoms with van der Waals surface area (Å²) in [5.74, 6) is 0.674. The zero-order chi connectivity index (χ0) is 17.8. The van der Waals surface area contributed by atoms with Crippen molar-refractivity contribution in [3.05, 3.63) is 30.1 Å². The Morgan fingerprint density at radius 3 is 2.56 bits per heavy atom. The first kappa shape index (κ1) is 23.7.